The number of aryl methyl sites for hydroxylation is 1. The molecule has 2 aromatic rings. The van der Waals surface area contributed by atoms with Gasteiger partial charge in [0.05, 0.1) is 6.26 Å². The number of pyridine rings is 1. The van der Waals surface area contributed by atoms with Gasteiger partial charge < -0.3 is 4.90 Å². The summed E-state index contributed by atoms with van der Waals surface area (Å²) in [5, 5.41) is 0. The fraction of sp³-hybridized carbons (Fsp3) is 0.300. The smallest absolute Gasteiger partial charge is 0.282 e. The number of carbonyl (C=O) groups excluding carboxylic acids is 1. The van der Waals surface area contributed by atoms with E-state index in [9.17, 15) is 17.6 Å². The maximum atomic E-state index is 14.4. The van der Waals surface area contributed by atoms with E-state index in [0.29, 0.717) is 18.5 Å². The molecule has 3 rings (SSSR count). The third kappa shape index (κ3) is 4.82. The van der Waals surface area contributed by atoms with Gasteiger partial charge in [-0.1, -0.05) is 30.3 Å². The van der Waals surface area contributed by atoms with Gasteiger partial charge in [0, 0.05) is 31.5 Å². The summed E-state index contributed by atoms with van der Waals surface area (Å²) in [6, 6.07) is 8.84. The average molecular weight is 403 g/mol. The lowest BCUT2D eigenvalue weighted by Gasteiger charge is -2.30. The number of hydrogen-bond donors (Lipinski definition) is 1. The molecule has 0 radical (unpaired) electrons. The zero-order valence-corrected chi connectivity index (χ0v) is 16.6. The second-order valence-corrected chi connectivity index (χ2v) is 8.63. The van der Waals surface area contributed by atoms with Crippen LogP contribution in [0.3, 0.4) is 0 Å². The Labute approximate surface area is 164 Å². The zero-order valence-electron chi connectivity index (χ0n) is 15.8. The maximum Gasteiger partial charge on any atom is 0.282 e. The van der Waals surface area contributed by atoms with Crippen molar-refractivity contribution in [2.24, 2.45) is 0 Å². The molecular weight excluding hydrogens is 381 g/mol. The highest BCUT2D eigenvalue weighted by Crippen LogP contribution is 2.25. The van der Waals surface area contributed by atoms with Crippen LogP contribution in [0, 0.1) is 6.92 Å². The van der Waals surface area contributed by atoms with Crippen molar-refractivity contribution in [1.29, 1.82) is 0 Å². The molecule has 0 spiro atoms. The van der Waals surface area contributed by atoms with Crippen molar-refractivity contribution in [2.75, 3.05) is 12.8 Å². The molecule has 0 saturated carbocycles. The topological polar surface area (TPSA) is 79.4 Å². The molecule has 0 unspecified atom stereocenters. The lowest BCUT2D eigenvalue weighted by Crippen LogP contribution is -2.37. The third-order valence-corrected chi connectivity index (χ3v) is 5.36. The second kappa shape index (κ2) is 8.20. The molecule has 1 aliphatic rings. The fourth-order valence-corrected chi connectivity index (χ4v) is 3.65. The molecule has 0 atom stereocenters. The van der Waals surface area contributed by atoms with Gasteiger partial charge in [0.15, 0.2) is 5.83 Å². The van der Waals surface area contributed by atoms with Crippen molar-refractivity contribution in [3.8, 4) is 0 Å². The molecule has 28 heavy (non-hydrogen) atoms. The summed E-state index contributed by atoms with van der Waals surface area (Å²) in [5.41, 5.74) is 3.96. The van der Waals surface area contributed by atoms with E-state index >= 15 is 0 Å². The average Bonchev–Trinajstić information content (AvgIpc) is 2.66. The predicted octanol–water partition coefficient (Wildman–Crippen LogP) is 2.33. The van der Waals surface area contributed by atoms with Gasteiger partial charge in [-0.25, -0.2) is 17.5 Å². The molecule has 2 heterocycles. The minimum atomic E-state index is -3.33. The first-order chi connectivity index (χ1) is 13.2. The van der Waals surface area contributed by atoms with Crippen molar-refractivity contribution in [2.45, 2.75) is 26.4 Å². The standard InChI is InChI=1S/C20H22FN3O3S/c1-14-18(12-23-28(2,26)27)17-8-9-24(13-16(17)11-22-14)20(25)19(21)10-15-6-4-3-5-7-15/h3-7,10-11,23H,8-9,12-13H2,1-2H3. The van der Waals surface area contributed by atoms with Gasteiger partial charge in [-0.3, -0.25) is 9.78 Å². The molecule has 148 valence electrons. The van der Waals surface area contributed by atoms with Crippen LogP contribution >= 0.6 is 0 Å². The first-order valence-corrected chi connectivity index (χ1v) is 10.8. The number of amides is 1. The third-order valence-electron chi connectivity index (χ3n) is 4.69. The molecule has 1 aromatic heterocycles. The first kappa shape index (κ1) is 20.2. The predicted molar refractivity (Wildman–Crippen MR) is 105 cm³/mol. The van der Waals surface area contributed by atoms with E-state index in [1.165, 1.54) is 11.0 Å². The SMILES string of the molecule is Cc1ncc2c(c1CNS(C)(=O)=O)CCN(C(=O)C(F)=Cc1ccccc1)C2. The first-order valence-electron chi connectivity index (χ1n) is 8.87. The van der Waals surface area contributed by atoms with Crippen LogP contribution in [0.15, 0.2) is 42.4 Å². The van der Waals surface area contributed by atoms with E-state index in [0.717, 1.165) is 28.6 Å². The van der Waals surface area contributed by atoms with Gasteiger partial charge in [-0.2, -0.15) is 0 Å². The van der Waals surface area contributed by atoms with Gasteiger partial charge in [0.1, 0.15) is 0 Å². The normalized spacial score (nSPS) is 14.7. The molecule has 8 heteroatoms. The summed E-state index contributed by atoms with van der Waals surface area (Å²) in [5.74, 6) is -1.47. The van der Waals surface area contributed by atoms with E-state index < -0.39 is 21.8 Å². The number of nitrogens with one attached hydrogen (secondary N) is 1. The molecular formula is C20H22FN3O3S. The quantitative estimate of drug-likeness (QED) is 0.777. The van der Waals surface area contributed by atoms with Gasteiger partial charge in [0.25, 0.3) is 5.91 Å². The summed E-state index contributed by atoms with van der Waals surface area (Å²) in [4.78, 5) is 18.3. The van der Waals surface area contributed by atoms with Gasteiger partial charge in [0.2, 0.25) is 10.0 Å². The van der Waals surface area contributed by atoms with Crippen molar-refractivity contribution < 1.29 is 17.6 Å². The lowest BCUT2D eigenvalue weighted by molar-refractivity contribution is -0.129. The second-order valence-electron chi connectivity index (χ2n) is 6.80. The number of carbonyl (C=O) groups is 1. The number of halogens is 1. The highest BCUT2D eigenvalue weighted by Gasteiger charge is 2.26. The highest BCUT2D eigenvalue weighted by atomic mass is 32.2. The van der Waals surface area contributed by atoms with E-state index in [1.54, 1.807) is 30.5 Å². The van der Waals surface area contributed by atoms with Gasteiger partial charge in [-0.05, 0) is 41.7 Å². The van der Waals surface area contributed by atoms with Crippen LogP contribution < -0.4 is 4.72 Å². The number of hydrogen-bond acceptors (Lipinski definition) is 4. The van der Waals surface area contributed by atoms with Crippen LogP contribution in [0.5, 0.6) is 0 Å². The zero-order chi connectivity index (χ0) is 20.3. The van der Waals surface area contributed by atoms with Crippen LogP contribution in [0.4, 0.5) is 4.39 Å². The van der Waals surface area contributed by atoms with E-state index in [-0.39, 0.29) is 13.1 Å². The number of nitrogens with zero attached hydrogens (tertiary/aromatic N) is 2. The molecule has 0 saturated heterocycles. The minimum absolute atomic E-state index is 0.150. The number of benzene rings is 1. The Morgan fingerprint density at radius 3 is 2.71 bits per heavy atom. The number of fused-ring (bicyclic) bond motifs is 1. The van der Waals surface area contributed by atoms with Crippen molar-refractivity contribution in [1.82, 2.24) is 14.6 Å². The van der Waals surface area contributed by atoms with Crippen molar-refractivity contribution in [3.05, 3.63) is 70.3 Å². The van der Waals surface area contributed by atoms with Crippen LogP contribution in [0.2, 0.25) is 0 Å². The Morgan fingerprint density at radius 1 is 1.32 bits per heavy atom. The van der Waals surface area contributed by atoms with E-state index in [1.807, 2.05) is 13.0 Å². The Balaban J connectivity index is 1.79. The molecule has 1 N–H and O–H groups in total. The molecule has 0 aliphatic carbocycles. The monoisotopic (exact) mass is 403 g/mol. The maximum absolute atomic E-state index is 14.4. The van der Waals surface area contributed by atoms with Gasteiger partial charge in [-0.15, -0.1) is 0 Å². The van der Waals surface area contributed by atoms with Crippen molar-refractivity contribution >= 4 is 22.0 Å². The minimum Gasteiger partial charge on any atom is -0.332 e. The fourth-order valence-electron chi connectivity index (χ4n) is 3.24. The number of sulfonamides is 1. The largest absolute Gasteiger partial charge is 0.332 e. The molecule has 1 amide bonds. The summed E-state index contributed by atoms with van der Waals surface area (Å²) in [6.07, 6.45) is 4.52. The number of rotatable bonds is 5. The van der Waals surface area contributed by atoms with Gasteiger partial charge >= 0.3 is 0 Å². The van der Waals surface area contributed by atoms with Crippen LogP contribution in [0.25, 0.3) is 6.08 Å². The Morgan fingerprint density at radius 2 is 2.04 bits per heavy atom. The molecule has 1 aromatic carbocycles. The lowest BCUT2D eigenvalue weighted by atomic mass is 9.95. The molecule has 0 bridgehead atoms. The Hall–Kier alpha value is -2.58. The molecule has 6 nitrogen and oxygen atoms in total. The Kier molecular flexibility index (Phi) is 5.90. The van der Waals surface area contributed by atoms with Crippen LogP contribution in [-0.4, -0.2) is 37.0 Å². The van der Waals surface area contributed by atoms with E-state index in [4.69, 9.17) is 0 Å². The molecule has 1 aliphatic heterocycles. The summed E-state index contributed by atoms with van der Waals surface area (Å²) >= 11 is 0. The van der Waals surface area contributed by atoms with Crippen molar-refractivity contribution in [3.63, 3.8) is 0 Å². The summed E-state index contributed by atoms with van der Waals surface area (Å²) in [6.45, 7) is 2.57. The molecule has 0 fully saturated rings. The summed E-state index contributed by atoms with van der Waals surface area (Å²) in [7, 11) is -3.33. The van der Waals surface area contributed by atoms with Crippen LogP contribution in [0.1, 0.15) is 27.9 Å². The van der Waals surface area contributed by atoms with E-state index in [2.05, 4.69) is 9.71 Å². The Bertz CT molecular complexity index is 1020. The summed E-state index contributed by atoms with van der Waals surface area (Å²) < 4.78 is 39.7. The highest BCUT2D eigenvalue weighted by molar-refractivity contribution is 7.88. The number of aromatic nitrogens is 1. The van der Waals surface area contributed by atoms with Crippen LogP contribution in [-0.2, 0) is 34.3 Å².